The molecule has 0 aliphatic carbocycles. The van der Waals surface area contributed by atoms with Crippen LogP contribution in [0.4, 0.5) is 29.3 Å². The van der Waals surface area contributed by atoms with Crippen LogP contribution >= 0.6 is 0 Å². The summed E-state index contributed by atoms with van der Waals surface area (Å²) in [6, 6.07) is 18.0. The minimum atomic E-state index is -4.77. The lowest BCUT2D eigenvalue weighted by molar-refractivity contribution is -0.274. The van der Waals surface area contributed by atoms with Gasteiger partial charge in [0.2, 0.25) is 0 Å². The molecule has 3 aromatic rings. The van der Waals surface area contributed by atoms with Crippen molar-refractivity contribution in [3.8, 4) is 23.0 Å². The van der Waals surface area contributed by atoms with E-state index in [-0.39, 0.29) is 5.75 Å². The number of rotatable bonds is 6. The van der Waals surface area contributed by atoms with E-state index in [1.165, 1.54) is 12.1 Å². The number of carbonyl (C=O) groups is 1. The Kier molecular flexibility index (Phi) is 6.31. The normalized spacial score (nSPS) is 10.8. The van der Waals surface area contributed by atoms with Crippen LogP contribution in [-0.2, 0) is 0 Å². The third-order valence-corrected chi connectivity index (χ3v) is 3.75. The molecule has 0 aliphatic rings. The maximum atomic E-state index is 12.2. The van der Waals surface area contributed by atoms with E-state index in [2.05, 4.69) is 15.4 Å². The summed E-state index contributed by atoms with van der Waals surface area (Å²) in [5.74, 6) is 1.55. The van der Waals surface area contributed by atoms with Crippen molar-refractivity contribution >= 4 is 17.4 Å². The number of hydrogen-bond acceptors (Lipinski definition) is 4. The van der Waals surface area contributed by atoms with Gasteiger partial charge in [-0.2, -0.15) is 0 Å². The molecule has 0 unspecified atom stereocenters. The van der Waals surface area contributed by atoms with E-state index in [0.717, 1.165) is 17.9 Å². The van der Waals surface area contributed by atoms with E-state index in [1.54, 1.807) is 55.6 Å². The molecule has 3 rings (SSSR count). The van der Waals surface area contributed by atoms with Crippen LogP contribution in [0.1, 0.15) is 0 Å². The molecular weight excluding hydrogens is 401 g/mol. The number of hydrogen-bond donors (Lipinski definition) is 2. The SMILES string of the molecule is COc1ccc(Oc2ccc(NC(=O)Nc3ccc(OC(F)(F)F)cc3)cc2)cc1. The van der Waals surface area contributed by atoms with Crippen LogP contribution in [-0.4, -0.2) is 19.5 Å². The molecule has 2 amide bonds. The number of halogens is 3. The summed E-state index contributed by atoms with van der Waals surface area (Å²) >= 11 is 0. The van der Waals surface area contributed by atoms with Crippen LogP contribution in [0.5, 0.6) is 23.0 Å². The molecule has 0 atom stereocenters. The molecule has 0 fully saturated rings. The molecule has 0 bridgehead atoms. The van der Waals surface area contributed by atoms with E-state index >= 15 is 0 Å². The summed E-state index contributed by atoms with van der Waals surface area (Å²) in [4.78, 5) is 12.1. The number of alkyl halides is 3. The van der Waals surface area contributed by atoms with Gasteiger partial charge in [-0.25, -0.2) is 4.79 Å². The van der Waals surface area contributed by atoms with Crippen molar-refractivity contribution in [2.75, 3.05) is 17.7 Å². The van der Waals surface area contributed by atoms with Crippen LogP contribution in [0.25, 0.3) is 0 Å². The van der Waals surface area contributed by atoms with Crippen LogP contribution in [0, 0.1) is 0 Å². The molecule has 0 aromatic heterocycles. The molecule has 6 nitrogen and oxygen atoms in total. The topological polar surface area (TPSA) is 68.8 Å². The van der Waals surface area contributed by atoms with Gasteiger partial charge in [-0.1, -0.05) is 0 Å². The number of carbonyl (C=O) groups excluding carboxylic acids is 1. The Bertz CT molecular complexity index is 973. The lowest BCUT2D eigenvalue weighted by Gasteiger charge is -2.11. The van der Waals surface area contributed by atoms with Crippen LogP contribution in [0.3, 0.4) is 0 Å². The summed E-state index contributed by atoms with van der Waals surface area (Å²) in [7, 11) is 1.58. The lowest BCUT2D eigenvalue weighted by Crippen LogP contribution is -2.19. The van der Waals surface area contributed by atoms with Gasteiger partial charge in [0.05, 0.1) is 7.11 Å². The second-order valence-electron chi connectivity index (χ2n) is 5.95. The Balaban J connectivity index is 1.52. The number of ether oxygens (including phenoxy) is 3. The minimum absolute atomic E-state index is 0.307. The number of benzene rings is 3. The zero-order valence-electron chi connectivity index (χ0n) is 15.7. The fraction of sp³-hybridized carbons (Fsp3) is 0.0952. The van der Waals surface area contributed by atoms with Gasteiger partial charge < -0.3 is 24.8 Å². The van der Waals surface area contributed by atoms with Crippen molar-refractivity contribution in [3.63, 3.8) is 0 Å². The second-order valence-corrected chi connectivity index (χ2v) is 5.95. The number of urea groups is 1. The van der Waals surface area contributed by atoms with Gasteiger partial charge in [0.1, 0.15) is 23.0 Å². The highest BCUT2D eigenvalue weighted by atomic mass is 19.4. The molecule has 0 aliphatic heterocycles. The summed E-state index contributed by atoms with van der Waals surface area (Å²) in [6.45, 7) is 0. The fourth-order valence-corrected chi connectivity index (χ4v) is 2.42. The molecule has 3 aromatic carbocycles. The highest BCUT2D eigenvalue weighted by molar-refractivity contribution is 5.99. The zero-order chi connectivity index (χ0) is 21.6. The number of anilines is 2. The molecule has 0 heterocycles. The summed E-state index contributed by atoms with van der Waals surface area (Å²) in [5.41, 5.74) is 0.813. The molecule has 30 heavy (non-hydrogen) atoms. The lowest BCUT2D eigenvalue weighted by atomic mass is 10.3. The van der Waals surface area contributed by atoms with Crippen molar-refractivity contribution in [2.24, 2.45) is 0 Å². The average Bonchev–Trinajstić information content (AvgIpc) is 2.70. The first-order valence-electron chi connectivity index (χ1n) is 8.66. The Morgan fingerprint density at radius 2 is 1.10 bits per heavy atom. The molecule has 2 N–H and O–H groups in total. The molecule has 156 valence electrons. The first-order valence-corrected chi connectivity index (χ1v) is 8.66. The van der Waals surface area contributed by atoms with Crippen molar-refractivity contribution < 1.29 is 32.2 Å². The standard InChI is InChI=1S/C21H17F3N2O4/c1-28-16-10-12-18(13-11-16)29-17-6-2-14(3-7-17)25-20(27)26-15-4-8-19(9-5-15)30-21(22,23)24/h2-13H,1H3,(H2,25,26,27). The van der Waals surface area contributed by atoms with Crippen molar-refractivity contribution in [1.82, 2.24) is 0 Å². The first-order chi connectivity index (χ1) is 14.3. The highest BCUT2D eigenvalue weighted by Crippen LogP contribution is 2.26. The van der Waals surface area contributed by atoms with Crippen molar-refractivity contribution in [1.29, 1.82) is 0 Å². The summed E-state index contributed by atoms with van der Waals surface area (Å²) in [5, 5.41) is 5.13. The van der Waals surface area contributed by atoms with Gasteiger partial charge in [0, 0.05) is 11.4 Å². The highest BCUT2D eigenvalue weighted by Gasteiger charge is 2.30. The molecule has 9 heteroatoms. The predicted octanol–water partition coefficient (Wildman–Crippen LogP) is 6.03. The number of methoxy groups -OCH3 is 1. The average molecular weight is 418 g/mol. The quantitative estimate of drug-likeness (QED) is 0.513. The summed E-state index contributed by atoms with van der Waals surface area (Å²) in [6.07, 6.45) is -4.77. The Hall–Kier alpha value is -3.88. The van der Waals surface area contributed by atoms with E-state index in [1.807, 2.05) is 0 Å². The Morgan fingerprint density at radius 1 is 0.700 bits per heavy atom. The zero-order valence-corrected chi connectivity index (χ0v) is 15.7. The summed E-state index contributed by atoms with van der Waals surface area (Å²) < 4.78 is 51.0. The van der Waals surface area contributed by atoms with Crippen LogP contribution < -0.4 is 24.8 Å². The van der Waals surface area contributed by atoms with Gasteiger partial charge in [-0.3, -0.25) is 0 Å². The third kappa shape index (κ3) is 6.33. The second kappa shape index (κ2) is 9.08. The van der Waals surface area contributed by atoms with Gasteiger partial charge in [-0.15, -0.1) is 13.2 Å². The predicted molar refractivity (Wildman–Crippen MR) is 105 cm³/mol. The van der Waals surface area contributed by atoms with Gasteiger partial charge in [0.25, 0.3) is 0 Å². The smallest absolute Gasteiger partial charge is 0.497 e. The number of nitrogens with one attached hydrogen (secondary N) is 2. The monoisotopic (exact) mass is 418 g/mol. The van der Waals surface area contributed by atoms with E-state index in [0.29, 0.717) is 22.9 Å². The molecule has 0 spiro atoms. The largest absolute Gasteiger partial charge is 0.573 e. The van der Waals surface area contributed by atoms with E-state index in [9.17, 15) is 18.0 Å². The van der Waals surface area contributed by atoms with E-state index in [4.69, 9.17) is 9.47 Å². The van der Waals surface area contributed by atoms with Gasteiger partial charge >= 0.3 is 12.4 Å². The van der Waals surface area contributed by atoms with Gasteiger partial charge in [0.15, 0.2) is 0 Å². The van der Waals surface area contributed by atoms with Crippen molar-refractivity contribution in [2.45, 2.75) is 6.36 Å². The van der Waals surface area contributed by atoms with Crippen molar-refractivity contribution in [3.05, 3.63) is 72.8 Å². The van der Waals surface area contributed by atoms with E-state index < -0.39 is 12.4 Å². The maximum Gasteiger partial charge on any atom is 0.573 e. The van der Waals surface area contributed by atoms with Crippen LogP contribution in [0.2, 0.25) is 0 Å². The van der Waals surface area contributed by atoms with Gasteiger partial charge in [-0.05, 0) is 72.8 Å². The molecule has 0 radical (unpaired) electrons. The Labute approximate surface area is 170 Å². The molecule has 0 saturated carbocycles. The fourth-order valence-electron chi connectivity index (χ4n) is 2.42. The maximum absolute atomic E-state index is 12.2. The minimum Gasteiger partial charge on any atom is -0.497 e. The number of amides is 2. The molecule has 0 saturated heterocycles. The first kappa shape index (κ1) is 20.8. The molecular formula is C21H17F3N2O4. The van der Waals surface area contributed by atoms with Crippen LogP contribution in [0.15, 0.2) is 72.8 Å². The third-order valence-electron chi connectivity index (χ3n) is 3.75. The Morgan fingerprint density at radius 3 is 1.53 bits per heavy atom.